The van der Waals surface area contributed by atoms with Gasteiger partial charge in [0.1, 0.15) is 11.5 Å². The number of carbonyl (C=O) groups is 1. The maximum atomic E-state index is 12.9. The predicted molar refractivity (Wildman–Crippen MR) is 109 cm³/mol. The summed E-state index contributed by atoms with van der Waals surface area (Å²) in [4.78, 5) is 13.6. The number of hydrogen-bond donors (Lipinski definition) is 2. The highest BCUT2D eigenvalue weighted by Gasteiger charge is 2.27. The molecule has 9 heteroatoms. The average molecular weight is 422 g/mol. The molecule has 1 amide bonds. The largest absolute Gasteiger partial charge is 0.495 e. The van der Waals surface area contributed by atoms with Gasteiger partial charge in [-0.05, 0) is 50.2 Å². The highest BCUT2D eigenvalue weighted by molar-refractivity contribution is 7.89. The second-order valence-electron chi connectivity index (χ2n) is 7.02. The van der Waals surface area contributed by atoms with Gasteiger partial charge in [0, 0.05) is 19.5 Å². The normalized spacial score (nSPS) is 16.3. The van der Waals surface area contributed by atoms with Crippen LogP contribution >= 0.6 is 0 Å². The van der Waals surface area contributed by atoms with Gasteiger partial charge in [0.25, 0.3) is 0 Å². The van der Waals surface area contributed by atoms with Crippen LogP contribution in [0.3, 0.4) is 0 Å². The van der Waals surface area contributed by atoms with E-state index in [4.69, 9.17) is 9.15 Å². The Labute approximate surface area is 171 Å². The van der Waals surface area contributed by atoms with Crippen molar-refractivity contribution in [2.75, 3.05) is 32.1 Å². The smallest absolute Gasteiger partial charge is 0.240 e. The Bertz CT molecular complexity index is 922. The second-order valence-corrected chi connectivity index (χ2v) is 8.79. The van der Waals surface area contributed by atoms with Gasteiger partial charge in [-0.15, -0.1) is 0 Å². The molecule has 0 unspecified atom stereocenters. The molecule has 158 valence electrons. The van der Waals surface area contributed by atoms with Crippen LogP contribution in [0.1, 0.15) is 38.0 Å². The number of hydrogen-bond acceptors (Lipinski definition) is 6. The summed E-state index contributed by atoms with van der Waals surface area (Å²) in [6.45, 7) is 3.39. The number of benzene rings is 1. The summed E-state index contributed by atoms with van der Waals surface area (Å²) in [6.07, 6.45) is 4.97. The van der Waals surface area contributed by atoms with Crippen LogP contribution in [0.2, 0.25) is 0 Å². The third kappa shape index (κ3) is 5.37. The van der Waals surface area contributed by atoms with Gasteiger partial charge >= 0.3 is 0 Å². The van der Waals surface area contributed by atoms with Crippen LogP contribution in [0.5, 0.6) is 5.75 Å². The van der Waals surface area contributed by atoms with Crippen LogP contribution in [0.4, 0.5) is 5.69 Å². The van der Waals surface area contributed by atoms with Crippen molar-refractivity contribution in [1.29, 1.82) is 0 Å². The van der Waals surface area contributed by atoms with E-state index in [1.54, 1.807) is 6.26 Å². The minimum absolute atomic E-state index is 0.0697. The third-order valence-electron chi connectivity index (χ3n) is 4.96. The van der Waals surface area contributed by atoms with Crippen molar-refractivity contribution in [3.8, 4) is 5.75 Å². The van der Waals surface area contributed by atoms with E-state index in [1.807, 2.05) is 12.1 Å². The number of piperidine rings is 1. The maximum absolute atomic E-state index is 12.9. The van der Waals surface area contributed by atoms with Crippen LogP contribution in [-0.2, 0) is 14.8 Å². The molecule has 1 aromatic carbocycles. The van der Waals surface area contributed by atoms with E-state index in [1.165, 1.54) is 38.7 Å². The fourth-order valence-corrected chi connectivity index (χ4v) is 4.58. The summed E-state index contributed by atoms with van der Waals surface area (Å²) in [6, 6.07) is 7.88. The molecule has 2 heterocycles. The molecule has 1 fully saturated rings. The number of nitrogens with zero attached hydrogens (tertiary/aromatic N) is 1. The molecule has 1 aromatic heterocycles. The zero-order valence-electron chi connectivity index (χ0n) is 16.7. The minimum Gasteiger partial charge on any atom is -0.495 e. The molecule has 1 atom stereocenters. The van der Waals surface area contributed by atoms with E-state index in [0.29, 0.717) is 5.69 Å². The van der Waals surface area contributed by atoms with E-state index in [2.05, 4.69) is 14.9 Å². The van der Waals surface area contributed by atoms with Crippen molar-refractivity contribution in [2.45, 2.75) is 37.1 Å². The lowest BCUT2D eigenvalue weighted by Gasteiger charge is -2.33. The summed E-state index contributed by atoms with van der Waals surface area (Å²) in [5.41, 5.74) is 0.417. The summed E-state index contributed by atoms with van der Waals surface area (Å²) < 4.78 is 39.3. The Morgan fingerprint density at radius 3 is 2.62 bits per heavy atom. The van der Waals surface area contributed by atoms with Crippen molar-refractivity contribution in [3.63, 3.8) is 0 Å². The molecule has 0 radical (unpaired) electrons. The second kappa shape index (κ2) is 9.43. The first-order valence-corrected chi connectivity index (χ1v) is 11.1. The first-order chi connectivity index (χ1) is 13.9. The number of nitrogens with one attached hydrogen (secondary N) is 2. The zero-order valence-corrected chi connectivity index (χ0v) is 17.5. The summed E-state index contributed by atoms with van der Waals surface area (Å²) in [5, 5.41) is 2.62. The van der Waals surface area contributed by atoms with Crippen molar-refractivity contribution in [2.24, 2.45) is 0 Å². The lowest BCUT2D eigenvalue weighted by molar-refractivity contribution is -0.114. The van der Waals surface area contributed by atoms with E-state index in [9.17, 15) is 13.2 Å². The Balaban J connectivity index is 1.77. The van der Waals surface area contributed by atoms with Gasteiger partial charge in [-0.2, -0.15) is 0 Å². The molecule has 8 nitrogen and oxygen atoms in total. The van der Waals surface area contributed by atoms with Gasteiger partial charge in [-0.3, -0.25) is 9.69 Å². The Morgan fingerprint density at radius 1 is 1.24 bits per heavy atom. The third-order valence-corrected chi connectivity index (χ3v) is 6.38. The highest BCUT2D eigenvalue weighted by atomic mass is 32.2. The quantitative estimate of drug-likeness (QED) is 0.680. The fourth-order valence-electron chi connectivity index (χ4n) is 3.52. The molecule has 0 bridgehead atoms. The molecule has 1 saturated heterocycles. The lowest BCUT2D eigenvalue weighted by atomic mass is 10.1. The molecule has 0 spiro atoms. The maximum Gasteiger partial charge on any atom is 0.240 e. The monoisotopic (exact) mass is 421 g/mol. The Morgan fingerprint density at radius 2 is 2.00 bits per heavy atom. The molecule has 2 N–H and O–H groups in total. The molecule has 3 rings (SSSR count). The van der Waals surface area contributed by atoms with E-state index < -0.39 is 10.0 Å². The van der Waals surface area contributed by atoms with Gasteiger partial charge in [-0.25, -0.2) is 13.1 Å². The summed E-state index contributed by atoms with van der Waals surface area (Å²) in [5.74, 6) is 0.759. The first kappa shape index (κ1) is 21.4. The molecular formula is C20H27N3O5S. The molecule has 0 aliphatic carbocycles. The van der Waals surface area contributed by atoms with Crippen LogP contribution in [0.25, 0.3) is 0 Å². The first-order valence-electron chi connectivity index (χ1n) is 9.63. The van der Waals surface area contributed by atoms with E-state index >= 15 is 0 Å². The Kier molecular flexibility index (Phi) is 6.94. The van der Waals surface area contributed by atoms with Crippen molar-refractivity contribution >= 4 is 21.6 Å². The standard InChI is InChI=1S/C20H27N3O5S/c1-15(24)22-17-9-8-16(13-20(17)27-2)29(25,26)21-14-18(19-7-6-12-28-19)23-10-4-3-5-11-23/h6-9,12-13,18,21H,3-5,10-11,14H2,1-2H3,(H,22,24)/t18-/m1/s1. The van der Waals surface area contributed by atoms with Crippen molar-refractivity contribution in [3.05, 3.63) is 42.4 Å². The van der Waals surface area contributed by atoms with Crippen LogP contribution < -0.4 is 14.8 Å². The number of ether oxygens (including phenoxy) is 1. The number of furan rings is 1. The number of sulfonamides is 1. The van der Waals surface area contributed by atoms with Gasteiger partial charge in [0.2, 0.25) is 15.9 Å². The average Bonchev–Trinajstić information content (AvgIpc) is 3.23. The number of likely N-dealkylation sites (tertiary alicyclic amines) is 1. The predicted octanol–water partition coefficient (Wildman–Crippen LogP) is 2.75. The summed E-state index contributed by atoms with van der Waals surface area (Å²) in [7, 11) is -2.35. The molecular weight excluding hydrogens is 394 g/mol. The van der Waals surface area contributed by atoms with Crippen molar-refractivity contribution in [1.82, 2.24) is 9.62 Å². The Hall–Kier alpha value is -2.36. The molecule has 1 aliphatic rings. The van der Waals surface area contributed by atoms with Gasteiger partial charge < -0.3 is 14.5 Å². The number of carbonyl (C=O) groups excluding carboxylic acids is 1. The molecule has 0 saturated carbocycles. The molecule has 29 heavy (non-hydrogen) atoms. The molecule has 1 aliphatic heterocycles. The lowest BCUT2D eigenvalue weighted by Crippen LogP contribution is -2.40. The zero-order chi connectivity index (χ0) is 20.9. The van der Waals surface area contributed by atoms with Crippen LogP contribution in [-0.4, -0.2) is 46.0 Å². The van der Waals surface area contributed by atoms with Gasteiger partial charge in [0.15, 0.2) is 0 Å². The topological polar surface area (TPSA) is 101 Å². The molecule has 2 aromatic rings. The van der Waals surface area contributed by atoms with Crippen molar-refractivity contribution < 1.29 is 22.4 Å². The van der Waals surface area contributed by atoms with Crippen LogP contribution in [0.15, 0.2) is 45.9 Å². The minimum atomic E-state index is -3.77. The van der Waals surface area contributed by atoms with Crippen LogP contribution in [0, 0.1) is 0 Å². The SMILES string of the molecule is COc1cc(S(=O)(=O)NC[C@H](c2ccco2)N2CCCCC2)ccc1NC(C)=O. The van der Waals surface area contributed by atoms with Gasteiger partial charge in [-0.1, -0.05) is 6.42 Å². The number of anilines is 1. The number of rotatable bonds is 8. The number of amides is 1. The fraction of sp³-hybridized carbons (Fsp3) is 0.450. The van der Waals surface area contributed by atoms with E-state index in [0.717, 1.165) is 31.7 Å². The van der Waals surface area contributed by atoms with Gasteiger partial charge in [0.05, 0.1) is 30.0 Å². The highest BCUT2D eigenvalue weighted by Crippen LogP contribution is 2.29. The number of methoxy groups -OCH3 is 1. The van der Waals surface area contributed by atoms with E-state index in [-0.39, 0.29) is 29.1 Å². The summed E-state index contributed by atoms with van der Waals surface area (Å²) >= 11 is 0.